The molecule has 0 spiro atoms. The molecule has 1 unspecified atom stereocenters. The van der Waals surface area contributed by atoms with E-state index in [-0.39, 0.29) is 12.5 Å². The van der Waals surface area contributed by atoms with E-state index < -0.39 is 6.04 Å². The highest BCUT2D eigenvalue weighted by molar-refractivity contribution is 6.30. The molecule has 1 aromatic heterocycles. The number of amides is 1. The third-order valence-corrected chi connectivity index (χ3v) is 3.83. The summed E-state index contributed by atoms with van der Waals surface area (Å²) in [4.78, 5) is 12.1. The molecule has 1 amide bonds. The zero-order valence-electron chi connectivity index (χ0n) is 12.6. The van der Waals surface area contributed by atoms with Gasteiger partial charge in [0, 0.05) is 17.0 Å². The maximum absolute atomic E-state index is 12.1. The molecule has 0 fully saturated rings. The molecule has 0 saturated heterocycles. The number of hydrogen-bond acceptors (Lipinski definition) is 4. The van der Waals surface area contributed by atoms with Gasteiger partial charge in [0.1, 0.15) is 5.76 Å². The SMILES string of the molecule is Cc1noc(C)c1CCC(=O)NC(CO)c1ccc(Cl)cc1. The zero-order chi connectivity index (χ0) is 16.1. The summed E-state index contributed by atoms with van der Waals surface area (Å²) in [5, 5.41) is 16.8. The average molecular weight is 323 g/mol. The lowest BCUT2D eigenvalue weighted by atomic mass is 10.1. The van der Waals surface area contributed by atoms with Crippen LogP contribution < -0.4 is 5.32 Å². The summed E-state index contributed by atoms with van der Waals surface area (Å²) in [7, 11) is 0. The number of carbonyl (C=O) groups excluding carboxylic acids is 1. The fourth-order valence-electron chi connectivity index (χ4n) is 2.29. The Bertz CT molecular complexity index is 618. The topological polar surface area (TPSA) is 75.4 Å². The minimum Gasteiger partial charge on any atom is -0.394 e. The second kappa shape index (κ2) is 7.42. The van der Waals surface area contributed by atoms with Crippen molar-refractivity contribution in [2.75, 3.05) is 6.61 Å². The summed E-state index contributed by atoms with van der Waals surface area (Å²) in [6.07, 6.45) is 0.874. The summed E-state index contributed by atoms with van der Waals surface area (Å²) < 4.78 is 5.08. The lowest BCUT2D eigenvalue weighted by molar-refractivity contribution is -0.122. The van der Waals surface area contributed by atoms with Crippen molar-refractivity contribution in [1.82, 2.24) is 10.5 Å². The van der Waals surface area contributed by atoms with Crippen molar-refractivity contribution >= 4 is 17.5 Å². The molecule has 2 aromatic rings. The first kappa shape index (κ1) is 16.5. The number of rotatable bonds is 6. The maximum atomic E-state index is 12.1. The number of aromatic nitrogens is 1. The summed E-state index contributed by atoms with van der Waals surface area (Å²) in [6.45, 7) is 3.52. The van der Waals surface area contributed by atoms with Gasteiger partial charge in [-0.1, -0.05) is 28.9 Å². The zero-order valence-corrected chi connectivity index (χ0v) is 13.4. The van der Waals surface area contributed by atoms with Crippen LogP contribution in [0.3, 0.4) is 0 Å². The van der Waals surface area contributed by atoms with E-state index in [1.165, 1.54) is 0 Å². The molecule has 118 valence electrons. The van der Waals surface area contributed by atoms with Gasteiger partial charge in [0.2, 0.25) is 5.91 Å². The van der Waals surface area contributed by atoms with E-state index in [1.807, 2.05) is 13.8 Å². The molecule has 0 aliphatic rings. The Morgan fingerprint density at radius 1 is 1.36 bits per heavy atom. The number of aliphatic hydroxyl groups is 1. The van der Waals surface area contributed by atoms with Gasteiger partial charge in [-0.3, -0.25) is 4.79 Å². The molecule has 0 bridgehead atoms. The molecule has 5 nitrogen and oxygen atoms in total. The van der Waals surface area contributed by atoms with Crippen LogP contribution in [0.25, 0.3) is 0 Å². The smallest absolute Gasteiger partial charge is 0.220 e. The Morgan fingerprint density at radius 2 is 2.05 bits per heavy atom. The molecule has 0 aliphatic carbocycles. The number of carbonyl (C=O) groups is 1. The Kier molecular flexibility index (Phi) is 5.57. The number of benzene rings is 1. The van der Waals surface area contributed by atoms with Crippen LogP contribution in [0.2, 0.25) is 5.02 Å². The van der Waals surface area contributed by atoms with E-state index in [4.69, 9.17) is 16.1 Å². The van der Waals surface area contributed by atoms with Crippen LogP contribution >= 0.6 is 11.6 Å². The van der Waals surface area contributed by atoms with Crippen molar-refractivity contribution in [3.63, 3.8) is 0 Å². The third kappa shape index (κ3) is 4.08. The van der Waals surface area contributed by atoms with Crippen LogP contribution in [0, 0.1) is 13.8 Å². The van der Waals surface area contributed by atoms with E-state index in [0.29, 0.717) is 17.9 Å². The molecule has 0 saturated carbocycles. The summed E-state index contributed by atoms with van der Waals surface area (Å²) in [6, 6.07) is 6.61. The van der Waals surface area contributed by atoms with Gasteiger partial charge in [-0.2, -0.15) is 0 Å². The second-order valence-corrected chi connectivity index (χ2v) is 5.59. The standard InChI is InChI=1S/C16H19ClN2O3/c1-10-14(11(2)22-19-10)7-8-16(21)18-15(9-20)12-3-5-13(17)6-4-12/h3-6,15,20H,7-9H2,1-2H3,(H,18,21). The predicted octanol–water partition coefficient (Wildman–Crippen LogP) is 2.73. The van der Waals surface area contributed by atoms with Crippen LogP contribution in [0.4, 0.5) is 0 Å². The normalized spacial score (nSPS) is 12.2. The van der Waals surface area contributed by atoms with Gasteiger partial charge in [-0.25, -0.2) is 0 Å². The van der Waals surface area contributed by atoms with Gasteiger partial charge in [0.15, 0.2) is 0 Å². The summed E-state index contributed by atoms with van der Waals surface area (Å²) in [5.41, 5.74) is 2.58. The van der Waals surface area contributed by atoms with Crippen molar-refractivity contribution in [3.05, 3.63) is 51.9 Å². The highest BCUT2D eigenvalue weighted by atomic mass is 35.5. The number of halogens is 1. The first-order valence-electron chi connectivity index (χ1n) is 7.08. The Labute approximate surface area is 134 Å². The molecular weight excluding hydrogens is 304 g/mol. The molecule has 2 N–H and O–H groups in total. The summed E-state index contributed by atoms with van der Waals surface area (Å²) in [5.74, 6) is 0.607. The quantitative estimate of drug-likeness (QED) is 0.857. The Morgan fingerprint density at radius 3 is 2.59 bits per heavy atom. The van der Waals surface area contributed by atoms with Crippen molar-refractivity contribution in [2.45, 2.75) is 32.7 Å². The highest BCUT2D eigenvalue weighted by Gasteiger charge is 2.15. The van der Waals surface area contributed by atoms with Gasteiger partial charge >= 0.3 is 0 Å². The molecule has 0 aliphatic heterocycles. The molecule has 1 aromatic carbocycles. The number of aliphatic hydroxyl groups excluding tert-OH is 1. The fraction of sp³-hybridized carbons (Fsp3) is 0.375. The Hall–Kier alpha value is -1.85. The number of aryl methyl sites for hydroxylation is 2. The number of hydrogen-bond donors (Lipinski definition) is 2. The molecule has 2 rings (SSSR count). The summed E-state index contributed by atoms with van der Waals surface area (Å²) >= 11 is 5.84. The molecule has 22 heavy (non-hydrogen) atoms. The van der Waals surface area contributed by atoms with E-state index in [1.54, 1.807) is 24.3 Å². The van der Waals surface area contributed by atoms with Gasteiger partial charge in [-0.15, -0.1) is 0 Å². The van der Waals surface area contributed by atoms with Gasteiger partial charge in [-0.05, 0) is 38.0 Å². The second-order valence-electron chi connectivity index (χ2n) is 5.16. The van der Waals surface area contributed by atoms with Crippen LogP contribution in [-0.2, 0) is 11.2 Å². The minimum atomic E-state index is -0.436. The van der Waals surface area contributed by atoms with Gasteiger partial charge < -0.3 is 14.9 Å². The third-order valence-electron chi connectivity index (χ3n) is 3.57. The fourth-order valence-corrected chi connectivity index (χ4v) is 2.42. The number of nitrogens with zero attached hydrogens (tertiary/aromatic N) is 1. The van der Waals surface area contributed by atoms with Crippen LogP contribution in [0.15, 0.2) is 28.8 Å². The molecule has 0 radical (unpaired) electrons. The van der Waals surface area contributed by atoms with Crippen LogP contribution in [0.1, 0.15) is 35.0 Å². The average Bonchev–Trinajstić information content (AvgIpc) is 2.82. The van der Waals surface area contributed by atoms with Crippen LogP contribution in [0.5, 0.6) is 0 Å². The monoisotopic (exact) mass is 322 g/mol. The van der Waals surface area contributed by atoms with Crippen molar-refractivity contribution in [1.29, 1.82) is 0 Å². The van der Waals surface area contributed by atoms with Crippen molar-refractivity contribution < 1.29 is 14.4 Å². The molecule has 1 atom stereocenters. The van der Waals surface area contributed by atoms with Gasteiger partial charge in [0.05, 0.1) is 18.3 Å². The lowest BCUT2D eigenvalue weighted by Gasteiger charge is -2.16. The van der Waals surface area contributed by atoms with Crippen molar-refractivity contribution in [3.8, 4) is 0 Å². The van der Waals surface area contributed by atoms with E-state index in [9.17, 15) is 9.90 Å². The van der Waals surface area contributed by atoms with E-state index in [2.05, 4.69) is 10.5 Å². The number of nitrogens with one attached hydrogen (secondary N) is 1. The maximum Gasteiger partial charge on any atom is 0.220 e. The van der Waals surface area contributed by atoms with Gasteiger partial charge in [0.25, 0.3) is 0 Å². The Balaban J connectivity index is 1.94. The predicted molar refractivity (Wildman–Crippen MR) is 83.7 cm³/mol. The van der Waals surface area contributed by atoms with E-state index in [0.717, 1.165) is 22.6 Å². The highest BCUT2D eigenvalue weighted by Crippen LogP contribution is 2.17. The molecular formula is C16H19ClN2O3. The first-order valence-corrected chi connectivity index (χ1v) is 7.46. The van der Waals surface area contributed by atoms with Crippen molar-refractivity contribution in [2.24, 2.45) is 0 Å². The minimum absolute atomic E-state index is 0.131. The van der Waals surface area contributed by atoms with Crippen LogP contribution in [-0.4, -0.2) is 22.8 Å². The first-order chi connectivity index (χ1) is 10.5. The largest absolute Gasteiger partial charge is 0.394 e. The molecule has 1 heterocycles. The van der Waals surface area contributed by atoms with E-state index >= 15 is 0 Å². The lowest BCUT2D eigenvalue weighted by Crippen LogP contribution is -2.30. The molecule has 6 heteroatoms.